The summed E-state index contributed by atoms with van der Waals surface area (Å²) in [6, 6.07) is 54.7. The zero-order valence-electron chi connectivity index (χ0n) is 25.7. The van der Waals surface area contributed by atoms with Crippen LogP contribution in [0.5, 0.6) is 0 Å². The molecule has 0 saturated carbocycles. The fourth-order valence-corrected chi connectivity index (χ4v) is 9.01. The summed E-state index contributed by atoms with van der Waals surface area (Å²) in [6.07, 6.45) is 0. The quantitative estimate of drug-likeness (QED) is 0.179. The summed E-state index contributed by atoms with van der Waals surface area (Å²) in [5, 5.41) is 13.3. The predicted molar refractivity (Wildman–Crippen MR) is 205 cm³/mol. The Morgan fingerprint density at radius 1 is 0.458 bits per heavy atom. The molecule has 0 atom stereocenters. The molecule has 0 unspecified atom stereocenters. The summed E-state index contributed by atoms with van der Waals surface area (Å²) in [6.45, 7) is 0. The number of hydrogen-bond acceptors (Lipinski definition) is 3. The number of rotatable bonds is 2. The second-order valence-corrected chi connectivity index (χ2v) is 13.6. The first-order chi connectivity index (χ1) is 23.8. The summed E-state index contributed by atoms with van der Waals surface area (Å²) < 4.78 is 4.64. The van der Waals surface area contributed by atoms with Crippen LogP contribution in [0.3, 0.4) is 0 Å². The summed E-state index contributed by atoms with van der Waals surface area (Å²) in [5.74, 6) is 0.685. The Balaban J connectivity index is 1.36. The fourth-order valence-electron chi connectivity index (χ4n) is 7.87. The molecule has 0 aliphatic heterocycles. The van der Waals surface area contributed by atoms with Crippen LogP contribution in [0.1, 0.15) is 0 Å². The molecular weight excluding hydrogens is 603 g/mol. The van der Waals surface area contributed by atoms with E-state index in [0.29, 0.717) is 5.95 Å². The second kappa shape index (κ2) is 9.71. The SMILES string of the molecule is c1ccc2c(c1)cc(-c1nc(-n3c4ccc5ccccc5c4c4ccc5ccccc5c43)nc3c1sc1ccccc13)c1ccccc12. The highest BCUT2D eigenvalue weighted by molar-refractivity contribution is 7.26. The normalized spacial score (nSPS) is 12.2. The van der Waals surface area contributed by atoms with Gasteiger partial charge in [0.05, 0.1) is 26.9 Å². The van der Waals surface area contributed by atoms with Crippen LogP contribution in [0.4, 0.5) is 0 Å². The van der Waals surface area contributed by atoms with E-state index in [0.717, 1.165) is 37.9 Å². The first-order valence-corrected chi connectivity index (χ1v) is 17.1. The number of aromatic nitrogens is 3. The molecule has 0 aliphatic carbocycles. The molecule has 0 spiro atoms. The van der Waals surface area contributed by atoms with Crippen molar-refractivity contribution in [2.45, 2.75) is 0 Å². The molecule has 0 radical (unpaired) electrons. The van der Waals surface area contributed by atoms with Gasteiger partial charge in [-0.05, 0) is 55.9 Å². The second-order valence-electron chi connectivity index (χ2n) is 12.5. The van der Waals surface area contributed by atoms with E-state index in [1.54, 1.807) is 11.3 Å². The van der Waals surface area contributed by atoms with Crippen LogP contribution in [-0.2, 0) is 0 Å². The Bertz CT molecular complexity index is 3130. The monoisotopic (exact) mass is 627 g/mol. The van der Waals surface area contributed by atoms with Crippen molar-refractivity contribution in [3.8, 4) is 17.2 Å². The van der Waals surface area contributed by atoms with Crippen molar-refractivity contribution >= 4 is 96.5 Å². The van der Waals surface area contributed by atoms with E-state index in [2.05, 4.69) is 156 Å². The summed E-state index contributed by atoms with van der Waals surface area (Å²) in [4.78, 5) is 11.1. The van der Waals surface area contributed by atoms with E-state index < -0.39 is 0 Å². The molecule has 3 nitrogen and oxygen atoms in total. The first kappa shape index (κ1) is 26.0. The first-order valence-electron chi connectivity index (χ1n) is 16.3. The van der Waals surface area contributed by atoms with Gasteiger partial charge in [0.2, 0.25) is 5.95 Å². The number of benzene rings is 8. The van der Waals surface area contributed by atoms with Crippen LogP contribution >= 0.6 is 11.3 Å². The molecule has 0 amide bonds. The third-order valence-corrected chi connectivity index (χ3v) is 11.1. The average Bonchev–Trinajstić information content (AvgIpc) is 3.70. The maximum Gasteiger partial charge on any atom is 0.235 e. The molecule has 0 bridgehead atoms. The third kappa shape index (κ3) is 3.52. The van der Waals surface area contributed by atoms with Crippen molar-refractivity contribution in [1.82, 2.24) is 14.5 Å². The van der Waals surface area contributed by atoms with Gasteiger partial charge in [0.15, 0.2) is 0 Å². The molecule has 11 aromatic rings. The lowest BCUT2D eigenvalue weighted by Crippen LogP contribution is -2.03. The number of hydrogen-bond donors (Lipinski definition) is 0. The lowest BCUT2D eigenvalue weighted by molar-refractivity contribution is 1.02. The average molecular weight is 628 g/mol. The minimum absolute atomic E-state index is 0.685. The molecule has 0 saturated heterocycles. The van der Waals surface area contributed by atoms with Crippen molar-refractivity contribution in [2.24, 2.45) is 0 Å². The van der Waals surface area contributed by atoms with Crippen molar-refractivity contribution in [2.75, 3.05) is 0 Å². The Morgan fingerprint density at radius 2 is 1.08 bits per heavy atom. The van der Waals surface area contributed by atoms with Crippen molar-refractivity contribution < 1.29 is 0 Å². The van der Waals surface area contributed by atoms with Gasteiger partial charge in [0.1, 0.15) is 0 Å². The lowest BCUT2D eigenvalue weighted by atomic mass is 9.95. The van der Waals surface area contributed by atoms with Gasteiger partial charge in [-0.3, -0.25) is 4.57 Å². The van der Waals surface area contributed by atoms with Gasteiger partial charge in [-0.1, -0.05) is 133 Å². The van der Waals surface area contributed by atoms with Gasteiger partial charge in [-0.15, -0.1) is 11.3 Å². The van der Waals surface area contributed by atoms with Crippen LogP contribution in [0.25, 0.3) is 102 Å². The highest BCUT2D eigenvalue weighted by Gasteiger charge is 2.23. The van der Waals surface area contributed by atoms with Crippen molar-refractivity contribution in [1.29, 1.82) is 0 Å². The van der Waals surface area contributed by atoms with Crippen molar-refractivity contribution in [3.05, 3.63) is 152 Å². The fraction of sp³-hybridized carbons (Fsp3) is 0. The Hall–Kier alpha value is -6.10. The number of nitrogens with zero attached hydrogens (tertiary/aromatic N) is 3. The minimum atomic E-state index is 0.685. The largest absolute Gasteiger partial charge is 0.277 e. The minimum Gasteiger partial charge on any atom is -0.277 e. The highest BCUT2D eigenvalue weighted by atomic mass is 32.1. The molecular formula is C44H25N3S. The molecule has 4 heteroatoms. The molecule has 0 fully saturated rings. The van der Waals surface area contributed by atoms with Crippen molar-refractivity contribution in [3.63, 3.8) is 0 Å². The third-order valence-electron chi connectivity index (χ3n) is 9.97. The Morgan fingerprint density at radius 3 is 1.92 bits per heavy atom. The molecule has 3 aromatic heterocycles. The van der Waals surface area contributed by atoms with Crippen LogP contribution in [-0.4, -0.2) is 14.5 Å². The number of thiophene rings is 1. The van der Waals surface area contributed by atoms with E-state index >= 15 is 0 Å². The maximum atomic E-state index is 5.62. The zero-order chi connectivity index (χ0) is 31.3. The summed E-state index contributed by atoms with van der Waals surface area (Å²) >= 11 is 1.78. The van der Waals surface area contributed by atoms with Gasteiger partial charge in [0, 0.05) is 31.8 Å². The predicted octanol–water partition coefficient (Wildman–Crippen LogP) is 12.2. The highest BCUT2D eigenvalue weighted by Crippen LogP contribution is 2.44. The summed E-state index contributed by atoms with van der Waals surface area (Å²) in [7, 11) is 0. The van der Waals surface area contributed by atoms with E-state index in [-0.39, 0.29) is 0 Å². The van der Waals surface area contributed by atoms with E-state index in [1.807, 2.05) is 0 Å². The zero-order valence-corrected chi connectivity index (χ0v) is 26.5. The maximum absolute atomic E-state index is 5.62. The van der Waals surface area contributed by atoms with Crippen LogP contribution < -0.4 is 0 Å². The van der Waals surface area contributed by atoms with Crippen LogP contribution in [0.15, 0.2) is 152 Å². The Kier molecular flexibility index (Phi) is 5.26. The van der Waals surface area contributed by atoms with Gasteiger partial charge < -0.3 is 0 Å². The smallest absolute Gasteiger partial charge is 0.235 e. The van der Waals surface area contributed by atoms with Gasteiger partial charge in [-0.2, -0.15) is 0 Å². The molecule has 0 N–H and O–H groups in total. The van der Waals surface area contributed by atoms with E-state index in [9.17, 15) is 0 Å². The number of fused-ring (bicyclic) bond motifs is 13. The van der Waals surface area contributed by atoms with Gasteiger partial charge >= 0.3 is 0 Å². The van der Waals surface area contributed by atoms with E-state index in [1.165, 1.54) is 58.6 Å². The molecule has 3 heterocycles. The Labute approximate surface area is 278 Å². The lowest BCUT2D eigenvalue weighted by Gasteiger charge is -2.14. The molecule has 48 heavy (non-hydrogen) atoms. The standard InChI is InChI=1S/C44H25N3S/c1-5-15-30-26(11-1)22-24-37-39(30)35-23-21-27-12-2-6-16-31(27)42(35)47(37)44-45-40-34-19-9-10-20-38(34)48-43(40)41(46-44)36-25-28-13-3-4-14-29(28)32-17-7-8-18-33(32)36/h1-25H. The molecule has 0 aliphatic rings. The topological polar surface area (TPSA) is 30.7 Å². The van der Waals surface area contributed by atoms with Gasteiger partial charge in [-0.25, -0.2) is 9.97 Å². The molecule has 222 valence electrons. The van der Waals surface area contributed by atoms with Crippen LogP contribution in [0.2, 0.25) is 0 Å². The van der Waals surface area contributed by atoms with Gasteiger partial charge in [0.25, 0.3) is 0 Å². The van der Waals surface area contributed by atoms with E-state index in [4.69, 9.17) is 9.97 Å². The molecule has 8 aromatic carbocycles. The summed E-state index contributed by atoms with van der Waals surface area (Å²) in [5.41, 5.74) is 5.32. The van der Waals surface area contributed by atoms with Crippen LogP contribution in [0, 0.1) is 0 Å². The molecule has 11 rings (SSSR count).